The van der Waals surface area contributed by atoms with E-state index in [2.05, 4.69) is 10.3 Å². The first kappa shape index (κ1) is 15.2. The first-order valence-corrected chi connectivity index (χ1v) is 8.05. The minimum atomic E-state index is -0.514. The van der Waals surface area contributed by atoms with Gasteiger partial charge < -0.3 is 4.74 Å². The van der Waals surface area contributed by atoms with Crippen LogP contribution < -0.4 is 5.56 Å². The normalized spacial score (nSPS) is 10.7. The minimum Gasteiger partial charge on any atom is -0.439 e. The summed E-state index contributed by atoms with van der Waals surface area (Å²) in [5, 5.41) is 8.14. The molecular formula is C16H13N3O3S. The fraction of sp³-hybridized carbons (Fsp3) is 0.125. The van der Waals surface area contributed by atoms with Crippen molar-refractivity contribution in [3.05, 3.63) is 64.4 Å². The molecule has 3 aromatic rings. The van der Waals surface area contributed by atoms with Gasteiger partial charge in [-0.2, -0.15) is 4.68 Å². The molecule has 0 radical (unpaired) electrons. The van der Waals surface area contributed by atoms with Gasteiger partial charge in [-0.1, -0.05) is 17.3 Å². The van der Waals surface area contributed by atoms with Crippen molar-refractivity contribution in [3.63, 3.8) is 0 Å². The zero-order chi connectivity index (χ0) is 16.2. The van der Waals surface area contributed by atoms with Gasteiger partial charge in [0.25, 0.3) is 5.56 Å². The molecule has 0 aliphatic heterocycles. The van der Waals surface area contributed by atoms with Crippen molar-refractivity contribution in [2.24, 2.45) is 0 Å². The molecule has 7 heteroatoms. The van der Waals surface area contributed by atoms with Gasteiger partial charge in [0.15, 0.2) is 6.73 Å². The summed E-state index contributed by atoms with van der Waals surface area (Å²) < 4.78 is 6.16. The Morgan fingerprint density at radius 2 is 1.91 bits per heavy atom. The van der Waals surface area contributed by atoms with E-state index in [4.69, 9.17) is 4.74 Å². The molecule has 3 rings (SSSR count). The lowest BCUT2D eigenvalue weighted by Gasteiger charge is -2.07. The van der Waals surface area contributed by atoms with Gasteiger partial charge in [-0.25, -0.2) is 4.79 Å². The molecule has 0 bridgehead atoms. The fourth-order valence-electron chi connectivity index (χ4n) is 2.04. The predicted molar refractivity (Wildman–Crippen MR) is 87.4 cm³/mol. The standard InChI is InChI=1S/C16H13N3O3S/c1-23-12-8-6-11(7-9-12)16(21)22-10-19-15(20)13-4-2-3-5-14(13)17-18-19/h2-9H,10H2,1H3. The van der Waals surface area contributed by atoms with E-state index < -0.39 is 5.97 Å². The summed E-state index contributed by atoms with van der Waals surface area (Å²) in [4.78, 5) is 25.3. The highest BCUT2D eigenvalue weighted by Gasteiger charge is 2.10. The second-order valence-corrected chi connectivity index (χ2v) is 5.58. The molecule has 0 aliphatic carbocycles. The number of fused-ring (bicyclic) bond motifs is 1. The number of benzene rings is 2. The van der Waals surface area contributed by atoms with Crippen LogP contribution in [0, 0.1) is 0 Å². The van der Waals surface area contributed by atoms with Crippen LogP contribution >= 0.6 is 11.8 Å². The lowest BCUT2D eigenvalue weighted by atomic mass is 10.2. The van der Waals surface area contributed by atoms with Gasteiger partial charge >= 0.3 is 5.97 Å². The van der Waals surface area contributed by atoms with Crippen molar-refractivity contribution in [3.8, 4) is 0 Å². The zero-order valence-corrected chi connectivity index (χ0v) is 13.1. The van der Waals surface area contributed by atoms with Crippen molar-refractivity contribution < 1.29 is 9.53 Å². The van der Waals surface area contributed by atoms with Crippen LogP contribution in [-0.2, 0) is 11.5 Å². The van der Waals surface area contributed by atoms with E-state index in [1.165, 1.54) is 0 Å². The SMILES string of the molecule is CSc1ccc(C(=O)OCn2nnc3ccccc3c2=O)cc1. The van der Waals surface area contributed by atoms with Crippen LogP contribution in [0.2, 0.25) is 0 Å². The largest absolute Gasteiger partial charge is 0.439 e. The Bertz CT molecular complexity index is 906. The molecule has 6 nitrogen and oxygen atoms in total. The molecular weight excluding hydrogens is 314 g/mol. The maximum absolute atomic E-state index is 12.2. The maximum Gasteiger partial charge on any atom is 0.339 e. The van der Waals surface area contributed by atoms with E-state index in [0.29, 0.717) is 16.5 Å². The average molecular weight is 327 g/mol. The third-order valence-electron chi connectivity index (χ3n) is 3.27. The number of carbonyl (C=O) groups is 1. The summed E-state index contributed by atoms with van der Waals surface area (Å²) in [6, 6.07) is 13.9. The Kier molecular flexibility index (Phi) is 4.38. The number of nitrogens with zero attached hydrogens (tertiary/aromatic N) is 3. The first-order valence-electron chi connectivity index (χ1n) is 6.83. The lowest BCUT2D eigenvalue weighted by molar-refractivity contribution is 0.0336. The van der Waals surface area contributed by atoms with Crippen molar-refractivity contribution in [1.82, 2.24) is 15.0 Å². The summed E-state index contributed by atoms with van der Waals surface area (Å²) in [6.07, 6.45) is 1.96. The number of hydrogen-bond donors (Lipinski definition) is 0. The van der Waals surface area contributed by atoms with Gasteiger partial charge in [0, 0.05) is 4.90 Å². The van der Waals surface area contributed by atoms with Gasteiger partial charge in [0.1, 0.15) is 5.52 Å². The number of esters is 1. The van der Waals surface area contributed by atoms with Crippen LogP contribution in [-0.4, -0.2) is 27.2 Å². The Morgan fingerprint density at radius 3 is 2.65 bits per heavy atom. The minimum absolute atomic E-state index is 0.278. The van der Waals surface area contributed by atoms with E-state index in [9.17, 15) is 9.59 Å². The van der Waals surface area contributed by atoms with Crippen LogP contribution in [0.1, 0.15) is 10.4 Å². The Hall–Kier alpha value is -2.67. The van der Waals surface area contributed by atoms with Gasteiger partial charge in [0.05, 0.1) is 10.9 Å². The van der Waals surface area contributed by atoms with E-state index in [-0.39, 0.29) is 12.3 Å². The van der Waals surface area contributed by atoms with Crippen LogP contribution in [0.15, 0.2) is 58.2 Å². The van der Waals surface area contributed by atoms with Crippen molar-refractivity contribution in [2.75, 3.05) is 6.26 Å². The van der Waals surface area contributed by atoms with Crippen molar-refractivity contribution >= 4 is 28.6 Å². The molecule has 1 aromatic heterocycles. The number of carbonyl (C=O) groups excluding carboxylic acids is 1. The van der Waals surface area contributed by atoms with Crippen molar-refractivity contribution in [1.29, 1.82) is 0 Å². The number of hydrogen-bond acceptors (Lipinski definition) is 6. The van der Waals surface area contributed by atoms with Gasteiger partial charge in [-0.15, -0.1) is 16.9 Å². The smallest absolute Gasteiger partial charge is 0.339 e. The van der Waals surface area contributed by atoms with Crippen LogP contribution in [0.5, 0.6) is 0 Å². The van der Waals surface area contributed by atoms with Gasteiger partial charge in [-0.05, 0) is 42.7 Å². The molecule has 1 heterocycles. The number of ether oxygens (including phenoxy) is 1. The van der Waals surface area contributed by atoms with Crippen LogP contribution in [0.3, 0.4) is 0 Å². The molecule has 116 valence electrons. The summed E-state index contributed by atoms with van der Waals surface area (Å²) >= 11 is 1.59. The van der Waals surface area contributed by atoms with E-state index in [1.807, 2.05) is 18.4 Å². The molecule has 0 atom stereocenters. The molecule has 23 heavy (non-hydrogen) atoms. The second kappa shape index (κ2) is 6.62. The molecule has 0 spiro atoms. The fourth-order valence-corrected chi connectivity index (χ4v) is 2.45. The van der Waals surface area contributed by atoms with Crippen LogP contribution in [0.4, 0.5) is 0 Å². The second-order valence-electron chi connectivity index (χ2n) is 4.70. The van der Waals surface area contributed by atoms with Gasteiger partial charge in [-0.3, -0.25) is 4.79 Å². The molecule has 0 N–H and O–H groups in total. The monoisotopic (exact) mass is 327 g/mol. The molecule has 2 aromatic carbocycles. The molecule has 0 fully saturated rings. The Labute approximate surface area is 136 Å². The average Bonchev–Trinajstić information content (AvgIpc) is 2.61. The molecule has 0 amide bonds. The molecule has 0 saturated heterocycles. The van der Waals surface area contributed by atoms with E-state index in [0.717, 1.165) is 9.58 Å². The summed E-state index contributed by atoms with van der Waals surface area (Å²) in [5.41, 5.74) is 0.582. The lowest BCUT2D eigenvalue weighted by Crippen LogP contribution is -2.26. The zero-order valence-electron chi connectivity index (χ0n) is 12.3. The highest BCUT2D eigenvalue weighted by atomic mass is 32.2. The van der Waals surface area contributed by atoms with Gasteiger partial charge in [0.2, 0.25) is 0 Å². The summed E-state index contributed by atoms with van der Waals surface area (Å²) in [6.45, 7) is -0.278. The third kappa shape index (κ3) is 3.24. The molecule has 0 saturated carbocycles. The number of thioether (sulfide) groups is 1. The highest BCUT2D eigenvalue weighted by molar-refractivity contribution is 7.98. The Balaban J connectivity index is 1.76. The van der Waals surface area contributed by atoms with Crippen LogP contribution in [0.25, 0.3) is 10.9 Å². The topological polar surface area (TPSA) is 74.1 Å². The van der Waals surface area contributed by atoms with Crippen molar-refractivity contribution in [2.45, 2.75) is 11.6 Å². The molecule has 0 unspecified atom stereocenters. The number of aromatic nitrogens is 3. The Morgan fingerprint density at radius 1 is 1.17 bits per heavy atom. The van der Waals surface area contributed by atoms with E-state index in [1.54, 1.807) is 48.2 Å². The maximum atomic E-state index is 12.2. The summed E-state index contributed by atoms with van der Waals surface area (Å²) in [5.74, 6) is -0.514. The van der Waals surface area contributed by atoms with E-state index >= 15 is 0 Å². The third-order valence-corrected chi connectivity index (χ3v) is 4.02. The quantitative estimate of drug-likeness (QED) is 0.541. The molecule has 0 aliphatic rings. The summed E-state index contributed by atoms with van der Waals surface area (Å²) in [7, 11) is 0. The number of rotatable bonds is 4. The first-order chi connectivity index (χ1) is 11.2. The highest BCUT2D eigenvalue weighted by Crippen LogP contribution is 2.15. The predicted octanol–water partition coefficient (Wildman–Crippen LogP) is 2.33.